The predicted octanol–water partition coefficient (Wildman–Crippen LogP) is 2.10. The Balaban J connectivity index is 2.12. The largest absolute Gasteiger partial charge is 0.868 e. The first-order chi connectivity index (χ1) is 9.65. The van der Waals surface area contributed by atoms with Gasteiger partial charge >= 0.3 is 0 Å². The molecule has 0 aliphatic rings. The van der Waals surface area contributed by atoms with Crippen molar-refractivity contribution < 1.29 is 14.6 Å². The van der Waals surface area contributed by atoms with E-state index in [0.29, 0.717) is 11.1 Å². The number of aromatic nitrogens is 1. The molecule has 3 rings (SSSR count). The molecule has 0 saturated carbocycles. The molecule has 5 nitrogen and oxygen atoms in total. The van der Waals surface area contributed by atoms with Gasteiger partial charge in [0.2, 0.25) is 5.69 Å². The van der Waals surface area contributed by atoms with Crippen LogP contribution >= 0.6 is 0 Å². The average molecular weight is 266 g/mol. The first-order valence-corrected chi connectivity index (χ1v) is 6.01. The molecule has 3 aromatic rings. The van der Waals surface area contributed by atoms with Crippen LogP contribution in [0.2, 0.25) is 0 Å². The molecule has 0 fully saturated rings. The van der Waals surface area contributed by atoms with E-state index in [-0.39, 0.29) is 11.4 Å². The molecule has 1 aromatic heterocycles. The zero-order valence-electron chi connectivity index (χ0n) is 10.4. The van der Waals surface area contributed by atoms with Gasteiger partial charge in [0.15, 0.2) is 12.4 Å². The predicted molar refractivity (Wildman–Crippen MR) is 71.6 cm³/mol. The highest BCUT2D eigenvalue weighted by Gasteiger charge is 2.11. The second kappa shape index (κ2) is 4.62. The molecule has 5 heteroatoms. The molecule has 0 unspecified atom stereocenters. The fourth-order valence-corrected chi connectivity index (χ4v) is 2.11. The normalized spacial score (nSPS) is 10.6. The van der Waals surface area contributed by atoms with Crippen molar-refractivity contribution in [2.75, 3.05) is 0 Å². The molecule has 0 saturated heterocycles. The van der Waals surface area contributed by atoms with Gasteiger partial charge in [-0.1, -0.05) is 18.2 Å². The van der Waals surface area contributed by atoms with Crippen molar-refractivity contribution in [2.45, 2.75) is 0 Å². The Bertz CT molecular complexity index is 798. The number of hydrogen-bond acceptors (Lipinski definition) is 3. The Labute approximate surface area is 114 Å². The number of nitro groups is 1. The van der Waals surface area contributed by atoms with Crippen molar-refractivity contribution in [2.24, 2.45) is 0 Å². The molecule has 0 spiro atoms. The first kappa shape index (κ1) is 12.1. The van der Waals surface area contributed by atoms with Crippen LogP contribution in [0.3, 0.4) is 0 Å². The molecule has 1 heterocycles. The van der Waals surface area contributed by atoms with Gasteiger partial charge in [0, 0.05) is 29.7 Å². The van der Waals surface area contributed by atoms with Crippen LogP contribution in [0, 0.1) is 10.1 Å². The van der Waals surface area contributed by atoms with Gasteiger partial charge in [0.05, 0.1) is 4.92 Å². The van der Waals surface area contributed by atoms with E-state index in [1.54, 1.807) is 22.8 Å². The minimum absolute atomic E-state index is 0.0255. The van der Waals surface area contributed by atoms with E-state index >= 15 is 0 Å². The van der Waals surface area contributed by atoms with E-state index in [2.05, 4.69) is 0 Å². The van der Waals surface area contributed by atoms with Gasteiger partial charge in [-0.05, 0) is 17.2 Å². The quantitative estimate of drug-likeness (QED) is 0.405. The Morgan fingerprint density at radius 1 is 0.950 bits per heavy atom. The van der Waals surface area contributed by atoms with Crippen LogP contribution in [0.4, 0.5) is 5.69 Å². The van der Waals surface area contributed by atoms with Gasteiger partial charge in [0.1, 0.15) is 0 Å². The number of non-ortho nitro benzene ring substituents is 1. The molecular weight excluding hydrogens is 256 g/mol. The van der Waals surface area contributed by atoms with Crippen LogP contribution in [0.1, 0.15) is 0 Å². The SMILES string of the molecule is O=[N+]([O-])c1ccc(-[n+]2cc([O-])c3ccccc3c2)cc1. The van der Waals surface area contributed by atoms with E-state index in [1.807, 2.05) is 24.4 Å². The highest BCUT2D eigenvalue weighted by atomic mass is 16.6. The minimum atomic E-state index is -0.451. The lowest BCUT2D eigenvalue weighted by molar-refractivity contribution is -0.597. The Morgan fingerprint density at radius 3 is 2.35 bits per heavy atom. The lowest BCUT2D eigenvalue weighted by Crippen LogP contribution is -2.30. The number of fused-ring (bicyclic) bond motifs is 1. The number of pyridine rings is 1. The van der Waals surface area contributed by atoms with E-state index in [4.69, 9.17) is 0 Å². The number of nitro benzene ring substituents is 1. The van der Waals surface area contributed by atoms with Crippen LogP contribution in [-0.4, -0.2) is 4.92 Å². The molecule has 0 atom stereocenters. The molecule has 0 aliphatic carbocycles. The van der Waals surface area contributed by atoms with Crippen LogP contribution in [-0.2, 0) is 0 Å². The van der Waals surface area contributed by atoms with Crippen LogP contribution in [0.25, 0.3) is 16.5 Å². The van der Waals surface area contributed by atoms with E-state index in [9.17, 15) is 15.2 Å². The maximum atomic E-state index is 12.0. The van der Waals surface area contributed by atoms with E-state index in [0.717, 1.165) is 5.39 Å². The topological polar surface area (TPSA) is 70.1 Å². The number of benzene rings is 2. The molecular formula is C15H10N2O3. The molecule has 0 amide bonds. The number of rotatable bonds is 2. The van der Waals surface area contributed by atoms with Crippen molar-refractivity contribution in [3.8, 4) is 11.4 Å². The van der Waals surface area contributed by atoms with Crippen molar-refractivity contribution in [1.82, 2.24) is 0 Å². The second-order valence-corrected chi connectivity index (χ2v) is 4.39. The third-order valence-electron chi connectivity index (χ3n) is 3.12. The molecule has 2 aromatic carbocycles. The van der Waals surface area contributed by atoms with Crippen LogP contribution in [0.15, 0.2) is 60.9 Å². The van der Waals surface area contributed by atoms with Gasteiger partial charge in [-0.3, -0.25) is 10.1 Å². The molecule has 0 radical (unpaired) electrons. The van der Waals surface area contributed by atoms with Crippen LogP contribution < -0.4 is 9.67 Å². The fraction of sp³-hybridized carbons (Fsp3) is 0. The van der Waals surface area contributed by atoms with Gasteiger partial charge < -0.3 is 5.11 Å². The fourth-order valence-electron chi connectivity index (χ4n) is 2.11. The molecule has 20 heavy (non-hydrogen) atoms. The van der Waals surface area contributed by atoms with Crippen molar-refractivity contribution in [3.63, 3.8) is 0 Å². The first-order valence-electron chi connectivity index (χ1n) is 6.01. The molecule has 98 valence electrons. The smallest absolute Gasteiger partial charge is 0.269 e. The average Bonchev–Trinajstić information content (AvgIpc) is 2.47. The van der Waals surface area contributed by atoms with E-state index in [1.165, 1.54) is 18.3 Å². The standard InChI is InChI=1S/C15H10N2O3/c18-15-10-16(9-11-3-1-2-4-14(11)15)12-5-7-13(8-6-12)17(19)20/h1-10H. The van der Waals surface area contributed by atoms with Gasteiger partial charge in [0.25, 0.3) is 5.69 Å². The van der Waals surface area contributed by atoms with Crippen molar-refractivity contribution in [3.05, 3.63) is 71.0 Å². The maximum Gasteiger partial charge on any atom is 0.269 e. The lowest BCUT2D eigenvalue weighted by Gasteiger charge is -2.08. The summed E-state index contributed by atoms with van der Waals surface area (Å²) >= 11 is 0. The number of hydrogen-bond donors (Lipinski definition) is 0. The zero-order chi connectivity index (χ0) is 14.1. The number of nitrogens with zero attached hydrogens (tertiary/aromatic N) is 2. The highest BCUT2D eigenvalue weighted by molar-refractivity contribution is 5.85. The Morgan fingerprint density at radius 2 is 1.65 bits per heavy atom. The van der Waals surface area contributed by atoms with Gasteiger partial charge in [-0.25, -0.2) is 0 Å². The summed E-state index contributed by atoms with van der Waals surface area (Å²) in [6.07, 6.45) is 3.31. The highest BCUT2D eigenvalue weighted by Crippen LogP contribution is 2.20. The van der Waals surface area contributed by atoms with Crippen molar-refractivity contribution >= 4 is 16.5 Å². The Hall–Kier alpha value is -2.95. The summed E-state index contributed by atoms with van der Waals surface area (Å²) in [5, 5.41) is 24.1. The third-order valence-corrected chi connectivity index (χ3v) is 3.12. The third kappa shape index (κ3) is 2.05. The summed E-state index contributed by atoms with van der Waals surface area (Å²) in [6, 6.07) is 13.4. The van der Waals surface area contributed by atoms with Gasteiger partial charge in [-0.15, -0.1) is 0 Å². The molecule has 0 N–H and O–H groups in total. The summed E-state index contributed by atoms with van der Waals surface area (Å²) in [5.74, 6) is -0.0820. The lowest BCUT2D eigenvalue weighted by atomic mass is 10.1. The van der Waals surface area contributed by atoms with Crippen LogP contribution in [0.5, 0.6) is 5.75 Å². The van der Waals surface area contributed by atoms with Crippen molar-refractivity contribution in [1.29, 1.82) is 0 Å². The van der Waals surface area contributed by atoms with E-state index < -0.39 is 4.92 Å². The Kier molecular flexibility index (Phi) is 2.80. The van der Waals surface area contributed by atoms with Gasteiger partial charge in [-0.2, -0.15) is 4.57 Å². The molecule has 0 aliphatic heterocycles. The maximum absolute atomic E-state index is 12.0. The summed E-state index contributed by atoms with van der Waals surface area (Å²) < 4.78 is 1.67. The minimum Gasteiger partial charge on any atom is -0.868 e. The zero-order valence-corrected chi connectivity index (χ0v) is 10.4. The summed E-state index contributed by atoms with van der Waals surface area (Å²) in [7, 11) is 0. The second-order valence-electron chi connectivity index (χ2n) is 4.39. The monoisotopic (exact) mass is 266 g/mol. The summed E-state index contributed by atoms with van der Waals surface area (Å²) in [5.41, 5.74) is 0.732. The summed E-state index contributed by atoms with van der Waals surface area (Å²) in [4.78, 5) is 10.2. The molecule has 0 bridgehead atoms. The summed E-state index contributed by atoms with van der Waals surface area (Å²) in [6.45, 7) is 0.